The van der Waals surface area contributed by atoms with E-state index in [9.17, 15) is 13.2 Å². The minimum atomic E-state index is -4.11. The molecule has 0 aromatic heterocycles. The van der Waals surface area contributed by atoms with Gasteiger partial charge in [-0.3, -0.25) is 0 Å². The molecule has 1 rings (SSSR count). The number of hydrogen-bond donors (Lipinski definition) is 1. The third kappa shape index (κ3) is 2.56. The van der Waals surface area contributed by atoms with Crippen molar-refractivity contribution in [3.63, 3.8) is 0 Å². The Morgan fingerprint density at radius 2 is 1.80 bits per heavy atom. The van der Waals surface area contributed by atoms with Gasteiger partial charge >= 0.3 is 6.18 Å². The second-order valence-electron chi connectivity index (χ2n) is 2.84. The summed E-state index contributed by atoms with van der Waals surface area (Å²) in [5.74, 6) is 0. The zero-order valence-electron chi connectivity index (χ0n) is 5.41. The first kappa shape index (κ1) is 7.85. The number of rotatable bonds is 2. The van der Waals surface area contributed by atoms with E-state index < -0.39 is 18.2 Å². The summed E-state index contributed by atoms with van der Waals surface area (Å²) in [7, 11) is 0. The van der Waals surface area contributed by atoms with Gasteiger partial charge in [0.05, 0.1) is 5.60 Å². The maximum Gasteiger partial charge on any atom is 0.389 e. The highest BCUT2D eigenvalue weighted by Gasteiger charge is 2.43. The predicted molar refractivity (Wildman–Crippen MR) is 29.5 cm³/mol. The highest BCUT2D eigenvalue weighted by molar-refractivity contribution is 4.93. The maximum atomic E-state index is 11.5. The molecule has 0 aliphatic heterocycles. The van der Waals surface area contributed by atoms with E-state index in [2.05, 4.69) is 0 Å². The summed E-state index contributed by atoms with van der Waals surface area (Å²) in [4.78, 5) is 0. The first-order chi connectivity index (χ1) is 4.41. The second kappa shape index (κ2) is 2.12. The number of alkyl halides is 3. The van der Waals surface area contributed by atoms with Crippen LogP contribution in [-0.4, -0.2) is 16.9 Å². The van der Waals surface area contributed by atoms with E-state index >= 15 is 0 Å². The van der Waals surface area contributed by atoms with E-state index in [1.54, 1.807) is 0 Å². The lowest BCUT2D eigenvalue weighted by atomic mass is 10.2. The molecule has 60 valence electrons. The van der Waals surface area contributed by atoms with Crippen molar-refractivity contribution in [2.75, 3.05) is 0 Å². The minimum Gasteiger partial charge on any atom is -0.390 e. The van der Waals surface area contributed by atoms with Gasteiger partial charge in [0.25, 0.3) is 0 Å². The first-order valence-corrected chi connectivity index (χ1v) is 3.20. The Kier molecular flexibility index (Phi) is 1.66. The minimum absolute atomic E-state index is 0.128. The van der Waals surface area contributed by atoms with Gasteiger partial charge in [0, 0.05) is 6.42 Å². The van der Waals surface area contributed by atoms with Crippen LogP contribution in [0.15, 0.2) is 0 Å². The van der Waals surface area contributed by atoms with E-state index in [0.717, 1.165) is 0 Å². The molecule has 4 heteroatoms. The summed E-state index contributed by atoms with van der Waals surface area (Å²) in [6.07, 6.45) is -4.04. The summed E-state index contributed by atoms with van der Waals surface area (Å²) in [6, 6.07) is 0. The largest absolute Gasteiger partial charge is 0.390 e. The Bertz CT molecular complexity index is 120. The molecule has 0 radical (unpaired) electrons. The highest BCUT2D eigenvalue weighted by Crippen LogP contribution is 2.41. The van der Waals surface area contributed by atoms with Crippen LogP contribution in [0.1, 0.15) is 25.7 Å². The molecule has 0 spiro atoms. The lowest BCUT2D eigenvalue weighted by molar-refractivity contribution is -0.141. The fourth-order valence-electron chi connectivity index (χ4n) is 0.769. The lowest BCUT2D eigenvalue weighted by Crippen LogP contribution is -2.14. The molecule has 0 heterocycles. The molecule has 1 nitrogen and oxygen atoms in total. The van der Waals surface area contributed by atoms with E-state index in [4.69, 9.17) is 5.11 Å². The summed E-state index contributed by atoms with van der Waals surface area (Å²) < 4.78 is 34.5. The van der Waals surface area contributed by atoms with Crippen LogP contribution in [0.5, 0.6) is 0 Å². The SMILES string of the molecule is OC1(CCC(F)(F)F)CC1. The first-order valence-electron chi connectivity index (χ1n) is 3.20. The van der Waals surface area contributed by atoms with E-state index in [1.807, 2.05) is 0 Å². The fraction of sp³-hybridized carbons (Fsp3) is 1.00. The molecule has 1 aliphatic rings. The Morgan fingerprint density at radius 3 is 2.10 bits per heavy atom. The van der Waals surface area contributed by atoms with Crippen LogP contribution >= 0.6 is 0 Å². The standard InChI is InChI=1S/C6H9F3O/c7-6(8,9)4-3-5(10)1-2-5/h10H,1-4H2. The van der Waals surface area contributed by atoms with Crippen LogP contribution in [0.25, 0.3) is 0 Å². The second-order valence-corrected chi connectivity index (χ2v) is 2.84. The molecular weight excluding hydrogens is 145 g/mol. The molecule has 1 saturated carbocycles. The summed E-state index contributed by atoms with van der Waals surface area (Å²) in [5, 5.41) is 8.99. The molecule has 1 fully saturated rings. The van der Waals surface area contributed by atoms with Crippen LogP contribution in [0.4, 0.5) is 13.2 Å². The van der Waals surface area contributed by atoms with Gasteiger partial charge in [-0.15, -0.1) is 0 Å². The van der Waals surface area contributed by atoms with Crippen molar-refractivity contribution in [2.24, 2.45) is 0 Å². The molecule has 0 aromatic rings. The van der Waals surface area contributed by atoms with Gasteiger partial charge in [0.1, 0.15) is 0 Å². The molecule has 10 heavy (non-hydrogen) atoms. The van der Waals surface area contributed by atoms with Crippen molar-refractivity contribution in [1.29, 1.82) is 0 Å². The number of aliphatic hydroxyl groups is 1. The predicted octanol–water partition coefficient (Wildman–Crippen LogP) is 1.85. The summed E-state index contributed by atoms with van der Waals surface area (Å²) in [5.41, 5.74) is -0.963. The van der Waals surface area contributed by atoms with E-state index in [-0.39, 0.29) is 6.42 Å². The highest BCUT2D eigenvalue weighted by atomic mass is 19.4. The topological polar surface area (TPSA) is 20.2 Å². The van der Waals surface area contributed by atoms with Crippen molar-refractivity contribution in [3.05, 3.63) is 0 Å². The molecule has 0 unspecified atom stereocenters. The lowest BCUT2D eigenvalue weighted by Gasteiger charge is -2.08. The normalized spacial score (nSPS) is 22.8. The van der Waals surface area contributed by atoms with Crippen LogP contribution in [0.2, 0.25) is 0 Å². The Labute approximate surface area is 56.8 Å². The number of hydrogen-bond acceptors (Lipinski definition) is 1. The van der Waals surface area contributed by atoms with Crippen LogP contribution in [0.3, 0.4) is 0 Å². The molecule has 0 aromatic carbocycles. The zero-order valence-corrected chi connectivity index (χ0v) is 5.41. The van der Waals surface area contributed by atoms with Crippen molar-refractivity contribution in [2.45, 2.75) is 37.5 Å². The zero-order chi connectivity index (χ0) is 7.83. The Balaban J connectivity index is 2.17. The molecule has 0 amide bonds. The summed E-state index contributed by atoms with van der Waals surface area (Å²) >= 11 is 0. The van der Waals surface area contributed by atoms with Crippen molar-refractivity contribution in [1.82, 2.24) is 0 Å². The average molecular weight is 154 g/mol. The molecule has 0 saturated heterocycles. The van der Waals surface area contributed by atoms with E-state index in [0.29, 0.717) is 12.8 Å². The smallest absolute Gasteiger partial charge is 0.389 e. The summed E-state index contributed by atoms with van der Waals surface area (Å²) in [6.45, 7) is 0. The monoisotopic (exact) mass is 154 g/mol. The third-order valence-corrected chi connectivity index (χ3v) is 1.70. The third-order valence-electron chi connectivity index (χ3n) is 1.70. The van der Waals surface area contributed by atoms with Gasteiger partial charge in [-0.25, -0.2) is 0 Å². The molecule has 1 aliphatic carbocycles. The van der Waals surface area contributed by atoms with Crippen LogP contribution < -0.4 is 0 Å². The average Bonchev–Trinajstić information content (AvgIpc) is 2.43. The molecule has 0 atom stereocenters. The van der Waals surface area contributed by atoms with Gasteiger partial charge in [0.2, 0.25) is 0 Å². The van der Waals surface area contributed by atoms with Crippen molar-refractivity contribution >= 4 is 0 Å². The van der Waals surface area contributed by atoms with Gasteiger partial charge in [-0.2, -0.15) is 13.2 Å². The number of halogens is 3. The van der Waals surface area contributed by atoms with Gasteiger partial charge in [-0.05, 0) is 19.3 Å². The quantitative estimate of drug-likeness (QED) is 0.643. The fourth-order valence-corrected chi connectivity index (χ4v) is 0.769. The van der Waals surface area contributed by atoms with Gasteiger partial charge in [-0.1, -0.05) is 0 Å². The van der Waals surface area contributed by atoms with Crippen LogP contribution in [-0.2, 0) is 0 Å². The van der Waals surface area contributed by atoms with Gasteiger partial charge in [0.15, 0.2) is 0 Å². The molecule has 1 N–H and O–H groups in total. The van der Waals surface area contributed by atoms with Crippen molar-refractivity contribution < 1.29 is 18.3 Å². The Morgan fingerprint density at radius 1 is 1.30 bits per heavy atom. The van der Waals surface area contributed by atoms with Crippen LogP contribution in [0, 0.1) is 0 Å². The molecule has 0 bridgehead atoms. The van der Waals surface area contributed by atoms with Crippen molar-refractivity contribution in [3.8, 4) is 0 Å². The molecular formula is C6H9F3O. The van der Waals surface area contributed by atoms with E-state index in [1.165, 1.54) is 0 Å². The maximum absolute atomic E-state index is 11.5. The Hall–Kier alpha value is -0.250. The van der Waals surface area contributed by atoms with Gasteiger partial charge < -0.3 is 5.11 Å².